The van der Waals surface area contributed by atoms with Crippen LogP contribution in [0.1, 0.15) is 38.3 Å². The summed E-state index contributed by atoms with van der Waals surface area (Å²) in [6.07, 6.45) is 0.503. The summed E-state index contributed by atoms with van der Waals surface area (Å²) >= 11 is 0. The van der Waals surface area contributed by atoms with E-state index in [1.165, 1.54) is 19.1 Å². The number of aliphatic carboxylic acids is 1. The lowest BCUT2D eigenvalue weighted by Crippen LogP contribution is -2.56. The summed E-state index contributed by atoms with van der Waals surface area (Å²) in [4.78, 5) is 62.3. The Labute approximate surface area is 239 Å². The zero-order valence-corrected chi connectivity index (χ0v) is 23.4. The maximum absolute atomic E-state index is 13.1. The van der Waals surface area contributed by atoms with E-state index in [1.54, 1.807) is 42.5 Å². The Hall–Kier alpha value is -4.45. The Morgan fingerprint density at radius 2 is 1.34 bits per heavy atom. The lowest BCUT2D eigenvalue weighted by molar-refractivity contribution is -0.142. The van der Waals surface area contributed by atoms with Gasteiger partial charge in [0, 0.05) is 6.42 Å². The minimum atomic E-state index is -1.18. The Bertz CT molecular complexity index is 1190. The van der Waals surface area contributed by atoms with E-state index in [0.717, 1.165) is 11.1 Å². The molecule has 0 aliphatic heterocycles. The molecule has 0 aromatic heterocycles. The van der Waals surface area contributed by atoms with Crippen molar-refractivity contribution in [1.29, 1.82) is 0 Å². The molecule has 222 valence electrons. The molecule has 2 rings (SSSR count). The van der Waals surface area contributed by atoms with Gasteiger partial charge in [0.05, 0.1) is 12.6 Å². The van der Waals surface area contributed by atoms with Gasteiger partial charge in [-0.25, -0.2) is 4.79 Å². The summed E-state index contributed by atoms with van der Waals surface area (Å²) in [5.74, 6) is -3.63. The lowest BCUT2D eigenvalue weighted by Gasteiger charge is -2.24. The zero-order chi connectivity index (χ0) is 30.5. The first-order valence-electron chi connectivity index (χ1n) is 13.3. The van der Waals surface area contributed by atoms with Crippen molar-refractivity contribution in [1.82, 2.24) is 21.3 Å². The molecule has 0 bridgehead atoms. The van der Waals surface area contributed by atoms with E-state index in [2.05, 4.69) is 21.3 Å². The molecule has 1 unspecified atom stereocenters. The first-order chi connectivity index (χ1) is 19.3. The number of hydrogen-bond donors (Lipinski definition) is 7. The van der Waals surface area contributed by atoms with Crippen molar-refractivity contribution in [2.45, 2.75) is 64.2 Å². The van der Waals surface area contributed by atoms with Crippen molar-refractivity contribution in [3.63, 3.8) is 0 Å². The van der Waals surface area contributed by atoms with Gasteiger partial charge in [-0.3, -0.25) is 19.2 Å². The number of nitrogens with two attached hydrogens (primary N) is 1. The third-order valence-electron chi connectivity index (χ3n) is 6.16. The van der Waals surface area contributed by atoms with Crippen LogP contribution in [-0.2, 0) is 36.8 Å². The van der Waals surface area contributed by atoms with Crippen LogP contribution < -0.4 is 27.0 Å². The molecule has 0 aliphatic rings. The van der Waals surface area contributed by atoms with E-state index < -0.39 is 60.3 Å². The zero-order valence-electron chi connectivity index (χ0n) is 23.4. The molecule has 2 aromatic carbocycles. The Morgan fingerprint density at radius 3 is 1.93 bits per heavy atom. The fourth-order valence-corrected chi connectivity index (χ4v) is 3.96. The number of rotatable bonds is 15. The second-order valence-electron chi connectivity index (χ2n) is 10.3. The number of carbonyl (C=O) groups is 5. The van der Waals surface area contributed by atoms with Crippen LogP contribution in [0, 0.1) is 5.92 Å². The molecule has 0 aliphatic carbocycles. The summed E-state index contributed by atoms with van der Waals surface area (Å²) < 4.78 is 0. The van der Waals surface area contributed by atoms with Gasteiger partial charge in [-0.15, -0.1) is 0 Å². The minimum Gasteiger partial charge on any atom is -0.508 e. The van der Waals surface area contributed by atoms with E-state index in [-0.39, 0.29) is 30.9 Å². The molecule has 8 N–H and O–H groups in total. The summed E-state index contributed by atoms with van der Waals surface area (Å²) in [6, 6.07) is 10.9. The Balaban J connectivity index is 1.95. The average Bonchev–Trinajstić information content (AvgIpc) is 2.92. The molecule has 4 atom stereocenters. The number of nitrogens with one attached hydrogen (secondary N) is 4. The average molecular weight is 570 g/mol. The van der Waals surface area contributed by atoms with Crippen LogP contribution in [0.4, 0.5) is 0 Å². The number of aromatic hydroxyl groups is 1. The van der Waals surface area contributed by atoms with Crippen LogP contribution in [0.25, 0.3) is 0 Å². The molecular weight excluding hydrogens is 530 g/mol. The second kappa shape index (κ2) is 16.0. The largest absolute Gasteiger partial charge is 0.508 e. The number of amides is 4. The van der Waals surface area contributed by atoms with Crippen molar-refractivity contribution in [2.24, 2.45) is 11.7 Å². The van der Waals surface area contributed by atoms with Crippen molar-refractivity contribution in [3.8, 4) is 5.75 Å². The molecule has 0 saturated heterocycles. The van der Waals surface area contributed by atoms with Gasteiger partial charge in [-0.05, 0) is 48.9 Å². The van der Waals surface area contributed by atoms with E-state index in [9.17, 15) is 34.2 Å². The highest BCUT2D eigenvalue weighted by molar-refractivity contribution is 5.94. The van der Waals surface area contributed by atoms with Gasteiger partial charge in [0.15, 0.2) is 0 Å². The van der Waals surface area contributed by atoms with Gasteiger partial charge >= 0.3 is 5.97 Å². The van der Waals surface area contributed by atoms with Crippen LogP contribution >= 0.6 is 0 Å². The molecule has 12 heteroatoms. The molecule has 2 aromatic rings. The first kappa shape index (κ1) is 32.8. The van der Waals surface area contributed by atoms with Crippen LogP contribution in [-0.4, -0.2) is 70.5 Å². The maximum Gasteiger partial charge on any atom is 0.326 e. The van der Waals surface area contributed by atoms with Crippen molar-refractivity contribution < 1.29 is 34.2 Å². The van der Waals surface area contributed by atoms with Gasteiger partial charge < -0.3 is 37.2 Å². The highest BCUT2D eigenvalue weighted by Crippen LogP contribution is 2.11. The van der Waals surface area contributed by atoms with E-state index in [4.69, 9.17) is 5.73 Å². The molecule has 0 saturated carbocycles. The molecule has 4 amide bonds. The van der Waals surface area contributed by atoms with Crippen LogP contribution in [0.15, 0.2) is 54.6 Å². The predicted octanol–water partition coefficient (Wildman–Crippen LogP) is 0.226. The number of phenolic OH excluding ortho intramolecular Hbond substituents is 1. The minimum absolute atomic E-state index is 0.0108. The van der Waals surface area contributed by atoms with Gasteiger partial charge in [0.25, 0.3) is 0 Å². The fraction of sp³-hybridized carbons (Fsp3) is 0.414. The molecule has 0 heterocycles. The third-order valence-corrected chi connectivity index (χ3v) is 6.16. The molecule has 0 fully saturated rings. The highest BCUT2D eigenvalue weighted by atomic mass is 16.4. The molecule has 12 nitrogen and oxygen atoms in total. The van der Waals surface area contributed by atoms with E-state index >= 15 is 0 Å². The number of carboxylic acid groups (broad SMARTS) is 1. The third kappa shape index (κ3) is 11.7. The summed E-state index contributed by atoms with van der Waals surface area (Å²) in [5.41, 5.74) is 7.38. The molecule has 0 radical (unpaired) electrons. The number of phenols is 1. The molecule has 0 spiro atoms. The Kier molecular flexibility index (Phi) is 12.8. The molecular formula is C29H39N5O7. The van der Waals surface area contributed by atoms with Crippen LogP contribution in [0.3, 0.4) is 0 Å². The lowest BCUT2D eigenvalue weighted by atomic mass is 10.0. The smallest absolute Gasteiger partial charge is 0.326 e. The number of carboxylic acids is 1. The van der Waals surface area contributed by atoms with Gasteiger partial charge in [-0.2, -0.15) is 0 Å². The van der Waals surface area contributed by atoms with Crippen LogP contribution in [0.5, 0.6) is 5.75 Å². The number of hydrogen-bond acceptors (Lipinski definition) is 7. The monoisotopic (exact) mass is 569 g/mol. The Morgan fingerprint density at radius 1 is 0.756 bits per heavy atom. The predicted molar refractivity (Wildman–Crippen MR) is 151 cm³/mol. The van der Waals surface area contributed by atoms with Crippen molar-refractivity contribution in [3.05, 3.63) is 65.7 Å². The normalized spacial score (nSPS) is 13.8. The standard InChI is InChI=1S/C29H39N5O7/c1-17(2)13-24(29(40)41)34-28(39)23(15-19-7-5-4-6-8-19)33-26(37)18(3)32-25(36)16-31-27(38)22(30)14-20-9-11-21(35)12-10-20/h4-12,17-18,22-24,35H,13-16,30H2,1-3H3,(H,31,38)(H,32,36)(H,33,37)(H,34,39)(H,40,41)/t18-,22?,23-,24-/m0/s1. The second-order valence-corrected chi connectivity index (χ2v) is 10.3. The van der Waals surface area contributed by atoms with Gasteiger partial charge in [-0.1, -0.05) is 56.3 Å². The first-order valence-corrected chi connectivity index (χ1v) is 13.3. The summed E-state index contributed by atoms with van der Waals surface area (Å²) in [7, 11) is 0. The maximum atomic E-state index is 13.1. The van der Waals surface area contributed by atoms with Crippen molar-refractivity contribution in [2.75, 3.05) is 6.54 Å². The van der Waals surface area contributed by atoms with E-state index in [0.29, 0.717) is 0 Å². The van der Waals surface area contributed by atoms with E-state index in [1.807, 2.05) is 13.8 Å². The summed E-state index contributed by atoms with van der Waals surface area (Å²) in [6.45, 7) is 4.66. The van der Waals surface area contributed by atoms with Crippen molar-refractivity contribution >= 4 is 29.6 Å². The van der Waals surface area contributed by atoms with Crippen LogP contribution in [0.2, 0.25) is 0 Å². The highest BCUT2D eigenvalue weighted by Gasteiger charge is 2.29. The summed E-state index contributed by atoms with van der Waals surface area (Å²) in [5, 5.41) is 28.9. The SMILES string of the molecule is CC(C)C[C@H](NC(=O)[C@H](Cc1ccccc1)NC(=O)[C@H](C)NC(=O)CNC(=O)C(N)Cc1ccc(O)cc1)C(=O)O. The number of carbonyl (C=O) groups excluding carboxylic acids is 4. The number of benzene rings is 2. The fourth-order valence-electron chi connectivity index (χ4n) is 3.96. The van der Waals surface area contributed by atoms with Gasteiger partial charge in [0.2, 0.25) is 23.6 Å². The quantitative estimate of drug-likeness (QED) is 0.158. The topological polar surface area (TPSA) is 200 Å². The molecule has 41 heavy (non-hydrogen) atoms. The van der Waals surface area contributed by atoms with Gasteiger partial charge in [0.1, 0.15) is 23.9 Å².